The van der Waals surface area contributed by atoms with E-state index in [0.717, 1.165) is 42.5 Å². The van der Waals surface area contributed by atoms with Crippen LogP contribution in [0.4, 0.5) is 5.69 Å². The maximum atomic E-state index is 12.0. The molecule has 0 fully saturated rings. The molecule has 0 aliphatic heterocycles. The molecule has 0 spiro atoms. The molecule has 6 nitrogen and oxygen atoms in total. The van der Waals surface area contributed by atoms with E-state index in [1.54, 1.807) is 0 Å². The molecule has 2 amide bonds. The number of amides is 2. The lowest BCUT2D eigenvalue weighted by Gasteiger charge is -2.09. The monoisotopic (exact) mass is 426 g/mol. The Kier molecular flexibility index (Phi) is 11.4. The average Bonchev–Trinajstić information content (AvgIpc) is 2.78. The maximum absolute atomic E-state index is 12.0. The number of carbonyl (C=O) groups excluding carboxylic acids is 2. The molecule has 0 unspecified atom stereocenters. The summed E-state index contributed by atoms with van der Waals surface area (Å²) < 4.78 is 10.5. The van der Waals surface area contributed by atoms with E-state index < -0.39 is 0 Å². The predicted octanol–water partition coefficient (Wildman–Crippen LogP) is 4.19. The van der Waals surface area contributed by atoms with Crippen molar-refractivity contribution in [3.05, 3.63) is 54.1 Å². The quantitative estimate of drug-likeness (QED) is 0.444. The summed E-state index contributed by atoms with van der Waals surface area (Å²) in [6.07, 6.45) is 4.22. The van der Waals surface area contributed by atoms with Crippen LogP contribution in [0.25, 0.3) is 11.1 Å². The van der Waals surface area contributed by atoms with Gasteiger partial charge < -0.3 is 20.1 Å². The molecule has 0 saturated carbocycles. The zero-order valence-corrected chi connectivity index (χ0v) is 18.6. The van der Waals surface area contributed by atoms with Crippen molar-refractivity contribution in [2.24, 2.45) is 0 Å². The minimum Gasteiger partial charge on any atom is -0.369 e. The van der Waals surface area contributed by atoms with Gasteiger partial charge in [-0.3, -0.25) is 9.59 Å². The van der Waals surface area contributed by atoms with E-state index >= 15 is 0 Å². The topological polar surface area (TPSA) is 76.7 Å². The third-order valence-electron chi connectivity index (χ3n) is 4.69. The first kappa shape index (κ1) is 24.6. The SMILES string of the molecule is CCCCNC(=O)COCCOCC(=O)Nc1ccc(-c2ccc(CCC)cc2)cc1. The molecule has 0 bridgehead atoms. The van der Waals surface area contributed by atoms with Crippen LogP contribution in [0.1, 0.15) is 38.7 Å². The molecule has 6 heteroatoms. The number of aryl methyl sites for hydroxylation is 1. The Morgan fingerprint density at radius 1 is 0.774 bits per heavy atom. The van der Waals surface area contributed by atoms with E-state index in [1.165, 1.54) is 5.56 Å². The number of benzene rings is 2. The lowest BCUT2D eigenvalue weighted by Crippen LogP contribution is -2.29. The van der Waals surface area contributed by atoms with Gasteiger partial charge in [-0.15, -0.1) is 0 Å². The molecule has 0 aliphatic rings. The number of ether oxygens (including phenoxy) is 2. The molecular formula is C25H34N2O4. The van der Waals surface area contributed by atoms with Crippen LogP contribution in [0, 0.1) is 0 Å². The van der Waals surface area contributed by atoms with Crippen molar-refractivity contribution in [2.45, 2.75) is 39.5 Å². The Morgan fingerprint density at radius 2 is 1.35 bits per heavy atom. The highest BCUT2D eigenvalue weighted by molar-refractivity contribution is 5.92. The van der Waals surface area contributed by atoms with Crippen molar-refractivity contribution in [1.29, 1.82) is 0 Å². The number of carbonyl (C=O) groups is 2. The highest BCUT2D eigenvalue weighted by Gasteiger charge is 2.05. The number of hydrogen-bond donors (Lipinski definition) is 2. The van der Waals surface area contributed by atoms with Gasteiger partial charge in [0.15, 0.2) is 0 Å². The molecule has 2 N–H and O–H groups in total. The van der Waals surface area contributed by atoms with Gasteiger partial charge in [0.1, 0.15) is 13.2 Å². The third kappa shape index (κ3) is 9.77. The van der Waals surface area contributed by atoms with E-state index in [4.69, 9.17) is 9.47 Å². The largest absolute Gasteiger partial charge is 0.369 e. The van der Waals surface area contributed by atoms with Gasteiger partial charge >= 0.3 is 0 Å². The van der Waals surface area contributed by atoms with Crippen molar-refractivity contribution in [3.63, 3.8) is 0 Å². The Morgan fingerprint density at radius 3 is 1.94 bits per heavy atom. The number of hydrogen-bond acceptors (Lipinski definition) is 4. The number of rotatable bonds is 14. The first-order valence-electron chi connectivity index (χ1n) is 11.0. The first-order valence-corrected chi connectivity index (χ1v) is 11.0. The fourth-order valence-corrected chi connectivity index (χ4v) is 3.00. The molecule has 0 aromatic heterocycles. The van der Waals surface area contributed by atoms with Gasteiger partial charge in [-0.25, -0.2) is 0 Å². The van der Waals surface area contributed by atoms with Crippen molar-refractivity contribution >= 4 is 17.5 Å². The lowest BCUT2D eigenvalue weighted by atomic mass is 10.0. The van der Waals surface area contributed by atoms with Crippen molar-refractivity contribution < 1.29 is 19.1 Å². The Labute approximate surface area is 185 Å². The average molecular weight is 427 g/mol. The fraction of sp³-hybridized carbons (Fsp3) is 0.440. The summed E-state index contributed by atoms with van der Waals surface area (Å²) >= 11 is 0. The summed E-state index contributed by atoms with van der Waals surface area (Å²) in [5.74, 6) is -0.361. The summed E-state index contributed by atoms with van der Waals surface area (Å²) in [6, 6.07) is 16.3. The molecule has 168 valence electrons. The van der Waals surface area contributed by atoms with Crippen molar-refractivity contribution in [1.82, 2.24) is 5.32 Å². The van der Waals surface area contributed by atoms with Crippen LogP contribution in [0.3, 0.4) is 0 Å². The van der Waals surface area contributed by atoms with Crippen LogP contribution < -0.4 is 10.6 Å². The van der Waals surface area contributed by atoms with Crippen molar-refractivity contribution in [3.8, 4) is 11.1 Å². The Balaban J connectivity index is 1.63. The van der Waals surface area contributed by atoms with Crippen LogP contribution >= 0.6 is 0 Å². The second-order valence-corrected chi connectivity index (χ2v) is 7.38. The lowest BCUT2D eigenvalue weighted by molar-refractivity contribution is -0.127. The molecule has 0 aliphatic carbocycles. The molecule has 2 aromatic rings. The summed E-state index contributed by atoms with van der Waals surface area (Å²) in [6.45, 7) is 5.37. The molecule has 0 saturated heterocycles. The molecule has 2 rings (SSSR count). The van der Waals surface area contributed by atoms with Gasteiger partial charge in [0.05, 0.1) is 13.2 Å². The highest BCUT2D eigenvalue weighted by atomic mass is 16.5. The molecule has 0 radical (unpaired) electrons. The van der Waals surface area contributed by atoms with Crippen molar-refractivity contribution in [2.75, 3.05) is 38.3 Å². The van der Waals surface area contributed by atoms with E-state index in [1.807, 2.05) is 24.3 Å². The Hall–Kier alpha value is -2.70. The van der Waals surface area contributed by atoms with E-state index in [-0.39, 0.29) is 38.2 Å². The maximum Gasteiger partial charge on any atom is 0.250 e. The zero-order chi connectivity index (χ0) is 22.3. The van der Waals surface area contributed by atoms with Crippen LogP contribution in [-0.2, 0) is 25.5 Å². The smallest absolute Gasteiger partial charge is 0.250 e. The molecule has 0 heterocycles. The molecular weight excluding hydrogens is 392 g/mol. The summed E-state index contributed by atoms with van der Waals surface area (Å²) in [5, 5.41) is 5.59. The molecule has 2 aromatic carbocycles. The zero-order valence-electron chi connectivity index (χ0n) is 18.6. The molecule has 31 heavy (non-hydrogen) atoms. The van der Waals surface area contributed by atoms with Gasteiger partial charge in [0.2, 0.25) is 11.8 Å². The van der Waals surface area contributed by atoms with Gasteiger partial charge in [0.25, 0.3) is 0 Å². The van der Waals surface area contributed by atoms with Crippen LogP contribution in [0.15, 0.2) is 48.5 Å². The first-order chi connectivity index (χ1) is 15.1. The second kappa shape index (κ2) is 14.3. The number of unbranched alkanes of at least 4 members (excludes halogenated alkanes) is 1. The van der Waals surface area contributed by atoms with Gasteiger partial charge in [-0.05, 0) is 41.7 Å². The summed E-state index contributed by atoms with van der Waals surface area (Å²) in [4.78, 5) is 23.5. The van der Waals surface area contributed by atoms with Crippen LogP contribution in [0.2, 0.25) is 0 Å². The Bertz CT molecular complexity index is 788. The summed E-state index contributed by atoms with van der Waals surface area (Å²) in [7, 11) is 0. The standard InChI is InChI=1S/C25H34N2O4/c1-3-5-15-26-24(28)18-30-16-17-31-19-25(29)27-23-13-11-22(12-14-23)21-9-7-20(6-4-2)8-10-21/h7-14H,3-6,15-19H2,1-2H3,(H,26,28)(H,27,29). The second-order valence-electron chi connectivity index (χ2n) is 7.38. The minimum absolute atomic E-state index is 0.00689. The van der Waals surface area contributed by atoms with E-state index in [2.05, 4.69) is 48.7 Å². The number of nitrogens with one attached hydrogen (secondary N) is 2. The van der Waals surface area contributed by atoms with E-state index in [9.17, 15) is 9.59 Å². The summed E-state index contributed by atoms with van der Waals surface area (Å²) in [5.41, 5.74) is 4.32. The van der Waals surface area contributed by atoms with Crippen LogP contribution in [0.5, 0.6) is 0 Å². The molecule has 0 atom stereocenters. The normalized spacial score (nSPS) is 10.6. The predicted molar refractivity (Wildman–Crippen MR) is 124 cm³/mol. The minimum atomic E-state index is -0.228. The highest BCUT2D eigenvalue weighted by Crippen LogP contribution is 2.22. The number of anilines is 1. The van der Waals surface area contributed by atoms with Gasteiger partial charge in [-0.1, -0.05) is 63.1 Å². The van der Waals surface area contributed by atoms with Crippen LogP contribution in [-0.4, -0.2) is 44.8 Å². The van der Waals surface area contributed by atoms with Gasteiger partial charge in [-0.2, -0.15) is 0 Å². The van der Waals surface area contributed by atoms with Gasteiger partial charge in [0, 0.05) is 12.2 Å². The fourth-order valence-electron chi connectivity index (χ4n) is 3.00. The van der Waals surface area contributed by atoms with E-state index in [0.29, 0.717) is 6.54 Å². The third-order valence-corrected chi connectivity index (χ3v) is 4.69.